The highest BCUT2D eigenvalue weighted by Crippen LogP contribution is 2.49. The molecule has 2 aromatic rings. The number of ether oxygens (including phenoxy) is 2. The lowest BCUT2D eigenvalue weighted by molar-refractivity contribution is -0.0750. The van der Waals surface area contributed by atoms with E-state index in [1.807, 2.05) is 6.92 Å². The summed E-state index contributed by atoms with van der Waals surface area (Å²) in [5.74, 6) is 0.0479. The summed E-state index contributed by atoms with van der Waals surface area (Å²) >= 11 is 6.07. The van der Waals surface area contributed by atoms with Crippen LogP contribution in [0.4, 0.5) is 5.95 Å². The molecule has 0 amide bonds. The van der Waals surface area contributed by atoms with Crippen molar-refractivity contribution in [1.82, 2.24) is 19.5 Å². The molecular formula is C15H23ClN5O5P. The maximum absolute atomic E-state index is 12.6. The van der Waals surface area contributed by atoms with Gasteiger partial charge in [-0.25, -0.2) is 4.98 Å². The molecule has 0 aliphatic carbocycles. The molecule has 1 aliphatic rings. The summed E-state index contributed by atoms with van der Waals surface area (Å²) in [5.41, 5.74) is 6.58. The van der Waals surface area contributed by atoms with E-state index in [0.29, 0.717) is 30.8 Å². The molecule has 3 rings (SSSR count). The molecule has 3 atom stereocenters. The van der Waals surface area contributed by atoms with Crippen molar-refractivity contribution in [3.63, 3.8) is 0 Å². The lowest BCUT2D eigenvalue weighted by Gasteiger charge is -2.18. The molecule has 1 fully saturated rings. The molecule has 0 spiro atoms. The Morgan fingerprint density at radius 2 is 2.00 bits per heavy atom. The summed E-state index contributed by atoms with van der Waals surface area (Å²) in [6.07, 6.45) is 0.784. The highest BCUT2D eigenvalue weighted by atomic mass is 35.5. The molecule has 1 aliphatic heterocycles. The summed E-state index contributed by atoms with van der Waals surface area (Å²) in [7, 11) is -3.16. The summed E-state index contributed by atoms with van der Waals surface area (Å²) in [6, 6.07) is 0. The van der Waals surface area contributed by atoms with Crippen LogP contribution in [-0.2, 0) is 23.1 Å². The Hall–Kier alpha value is -1.29. The topological polar surface area (TPSA) is 124 Å². The lowest BCUT2D eigenvalue weighted by Crippen LogP contribution is -2.17. The van der Waals surface area contributed by atoms with Crippen molar-refractivity contribution in [1.29, 1.82) is 0 Å². The average Bonchev–Trinajstić information content (AvgIpc) is 3.17. The van der Waals surface area contributed by atoms with Crippen molar-refractivity contribution in [2.75, 3.05) is 25.1 Å². The van der Waals surface area contributed by atoms with E-state index < -0.39 is 20.1 Å². The number of nitrogens with two attached hydrogens (primary N) is 1. The zero-order valence-electron chi connectivity index (χ0n) is 15.4. The molecule has 1 saturated heterocycles. The first-order chi connectivity index (χ1) is 12.9. The molecule has 2 N–H and O–H groups in total. The summed E-state index contributed by atoms with van der Waals surface area (Å²) < 4.78 is 36.7. The number of imidazole rings is 1. The van der Waals surface area contributed by atoms with Crippen molar-refractivity contribution in [3.8, 4) is 0 Å². The smallest absolute Gasteiger partial charge is 0.330 e. The first-order valence-corrected chi connectivity index (χ1v) is 10.8. The summed E-state index contributed by atoms with van der Waals surface area (Å²) in [5, 5.41) is 0.175. The highest BCUT2D eigenvalue weighted by molar-refractivity contribution is 7.53. The molecule has 0 radical (unpaired) electrons. The Bertz CT molecular complexity index is 839. The monoisotopic (exact) mass is 419 g/mol. The maximum atomic E-state index is 12.6. The van der Waals surface area contributed by atoms with Crippen molar-refractivity contribution >= 4 is 36.3 Å². The van der Waals surface area contributed by atoms with Gasteiger partial charge in [-0.05, 0) is 20.8 Å². The Balaban J connectivity index is 1.73. The van der Waals surface area contributed by atoms with Crippen molar-refractivity contribution in [2.24, 2.45) is 0 Å². The van der Waals surface area contributed by atoms with Crippen LogP contribution in [0.1, 0.15) is 33.4 Å². The maximum Gasteiger partial charge on any atom is 0.330 e. The number of nitrogens with zero attached hydrogens (tertiary/aromatic N) is 4. The minimum atomic E-state index is -3.16. The van der Waals surface area contributed by atoms with E-state index in [-0.39, 0.29) is 23.4 Å². The normalized spacial score (nSPS) is 23.3. The first-order valence-electron chi connectivity index (χ1n) is 8.71. The first kappa shape index (κ1) is 20.4. The van der Waals surface area contributed by atoms with Gasteiger partial charge in [0, 0.05) is 6.42 Å². The van der Waals surface area contributed by atoms with Crippen LogP contribution in [0.2, 0.25) is 5.15 Å². The number of halogens is 1. The van der Waals surface area contributed by atoms with Crippen molar-refractivity contribution in [2.45, 2.75) is 45.8 Å². The zero-order chi connectivity index (χ0) is 19.6. The van der Waals surface area contributed by atoms with Crippen molar-refractivity contribution < 1.29 is 23.1 Å². The van der Waals surface area contributed by atoms with E-state index in [2.05, 4.69) is 15.0 Å². The van der Waals surface area contributed by atoms with Crippen LogP contribution in [0.15, 0.2) is 6.33 Å². The molecular weight excluding hydrogens is 397 g/mol. The van der Waals surface area contributed by atoms with E-state index in [1.165, 1.54) is 0 Å². The third kappa shape index (κ3) is 4.42. The Kier molecular flexibility index (Phi) is 6.35. The van der Waals surface area contributed by atoms with E-state index in [9.17, 15) is 4.57 Å². The number of fused-ring (bicyclic) bond motifs is 1. The van der Waals surface area contributed by atoms with Gasteiger partial charge in [0.1, 0.15) is 11.6 Å². The fraction of sp³-hybridized carbons (Fsp3) is 0.667. The van der Waals surface area contributed by atoms with Gasteiger partial charge in [0.2, 0.25) is 5.95 Å². The van der Waals surface area contributed by atoms with Crippen LogP contribution in [0.3, 0.4) is 0 Å². The molecule has 10 nitrogen and oxygen atoms in total. The second-order valence-corrected chi connectivity index (χ2v) is 8.50. The van der Waals surface area contributed by atoms with Gasteiger partial charge in [0.15, 0.2) is 23.3 Å². The van der Waals surface area contributed by atoms with Crippen LogP contribution < -0.4 is 5.73 Å². The largest absolute Gasteiger partial charge is 0.368 e. The van der Waals surface area contributed by atoms with E-state index >= 15 is 0 Å². The number of hydrogen-bond donors (Lipinski definition) is 1. The molecule has 3 heterocycles. The molecule has 12 heteroatoms. The zero-order valence-corrected chi connectivity index (χ0v) is 17.0. The molecule has 150 valence electrons. The molecule has 0 saturated carbocycles. The van der Waals surface area contributed by atoms with Crippen LogP contribution in [-0.4, -0.2) is 51.3 Å². The molecule has 0 bridgehead atoms. The predicted octanol–water partition coefficient (Wildman–Crippen LogP) is 2.98. The van der Waals surface area contributed by atoms with Crippen molar-refractivity contribution in [3.05, 3.63) is 11.5 Å². The SMILES string of the molecule is CCOP(=O)(CC[C@H]1OC(n2cnc3c(Cl)nc(N)nc32)[C@@H](C)O1)OCC. The van der Waals surface area contributed by atoms with Gasteiger partial charge in [-0.1, -0.05) is 11.6 Å². The van der Waals surface area contributed by atoms with E-state index in [1.54, 1.807) is 24.7 Å². The number of hydrogen-bond acceptors (Lipinski definition) is 9. The minimum Gasteiger partial charge on any atom is -0.368 e. The molecule has 0 aromatic carbocycles. The van der Waals surface area contributed by atoms with Gasteiger partial charge in [-0.2, -0.15) is 9.97 Å². The third-order valence-electron chi connectivity index (χ3n) is 4.02. The third-order valence-corrected chi connectivity index (χ3v) is 6.39. The Morgan fingerprint density at radius 3 is 2.67 bits per heavy atom. The standard InChI is InChI=1S/C15H23ClN5O5P/c1-4-23-27(22,24-5-2)7-6-10-25-9(3)14(26-10)21-8-18-11-12(16)19-15(17)20-13(11)21/h8-10,14H,4-7H2,1-3H3,(H2,17,19,20)/t9-,10-,14?/m1/s1. The molecule has 1 unspecified atom stereocenters. The summed E-state index contributed by atoms with van der Waals surface area (Å²) in [4.78, 5) is 12.3. The summed E-state index contributed by atoms with van der Waals surface area (Å²) in [6.45, 7) is 6.04. The Labute approximate surface area is 161 Å². The second-order valence-electron chi connectivity index (χ2n) is 5.95. The van der Waals surface area contributed by atoms with Crippen LogP contribution >= 0.6 is 19.2 Å². The molecule has 2 aromatic heterocycles. The number of anilines is 1. The van der Waals surface area contributed by atoms with Gasteiger partial charge in [0.25, 0.3) is 0 Å². The fourth-order valence-electron chi connectivity index (χ4n) is 2.94. The average molecular weight is 420 g/mol. The van der Waals surface area contributed by atoms with Crippen LogP contribution in [0.5, 0.6) is 0 Å². The van der Waals surface area contributed by atoms with Crippen LogP contribution in [0, 0.1) is 0 Å². The molecule has 27 heavy (non-hydrogen) atoms. The fourth-order valence-corrected chi connectivity index (χ4v) is 4.81. The quantitative estimate of drug-likeness (QED) is 0.507. The van der Waals surface area contributed by atoms with Crippen LogP contribution in [0.25, 0.3) is 11.2 Å². The lowest BCUT2D eigenvalue weighted by atomic mass is 10.3. The van der Waals surface area contributed by atoms with E-state index in [0.717, 1.165) is 0 Å². The number of nitrogen functional groups attached to an aromatic ring is 1. The van der Waals surface area contributed by atoms with E-state index in [4.69, 9.17) is 35.9 Å². The predicted molar refractivity (Wildman–Crippen MR) is 99.5 cm³/mol. The highest BCUT2D eigenvalue weighted by Gasteiger charge is 2.37. The number of aromatic nitrogens is 4. The van der Waals surface area contributed by atoms with Gasteiger partial charge in [-0.15, -0.1) is 0 Å². The van der Waals surface area contributed by atoms with Gasteiger partial charge < -0.3 is 24.3 Å². The minimum absolute atomic E-state index is 0.0479. The Morgan fingerprint density at radius 1 is 1.30 bits per heavy atom. The van der Waals surface area contributed by atoms with Gasteiger partial charge >= 0.3 is 7.60 Å². The van der Waals surface area contributed by atoms with Gasteiger partial charge in [-0.3, -0.25) is 9.13 Å². The number of rotatable bonds is 8. The second kappa shape index (κ2) is 8.38. The van der Waals surface area contributed by atoms with Gasteiger partial charge in [0.05, 0.1) is 25.7 Å².